The molecule has 1 saturated carbocycles. The van der Waals surface area contributed by atoms with Crippen LogP contribution in [0, 0.1) is 12.4 Å². The molecule has 45 heavy (non-hydrogen) atoms. The van der Waals surface area contributed by atoms with Gasteiger partial charge in [0.25, 0.3) is 0 Å². The predicted molar refractivity (Wildman–Crippen MR) is 171 cm³/mol. The summed E-state index contributed by atoms with van der Waals surface area (Å²) in [6.07, 6.45) is 5.36. The highest BCUT2D eigenvalue weighted by Crippen LogP contribution is 2.36. The SMILES string of the molecule is [C-]#[N+]C[C@H]1CN(c2nc(O[C@@H](C)CN(C)C3CC3)nc3c2CCN(c2cccc4cccc(F)c24)C3)CCN1C(=O)/C=C/CF. The summed E-state index contributed by atoms with van der Waals surface area (Å²) < 4.78 is 34.1. The first-order valence-electron chi connectivity index (χ1n) is 15.7. The van der Waals surface area contributed by atoms with Crippen LogP contribution in [0.3, 0.4) is 0 Å². The summed E-state index contributed by atoms with van der Waals surface area (Å²) in [6, 6.07) is 11.5. The Balaban J connectivity index is 1.32. The average molecular weight is 616 g/mol. The number of fused-ring (bicyclic) bond motifs is 2. The van der Waals surface area contributed by atoms with Gasteiger partial charge in [-0.25, -0.2) is 15.4 Å². The number of anilines is 2. The van der Waals surface area contributed by atoms with E-state index in [2.05, 4.69) is 26.6 Å². The van der Waals surface area contributed by atoms with E-state index < -0.39 is 6.67 Å². The second-order valence-electron chi connectivity index (χ2n) is 12.2. The van der Waals surface area contributed by atoms with Gasteiger partial charge in [-0.15, -0.1) is 0 Å². The molecule has 1 saturated heterocycles. The lowest BCUT2D eigenvalue weighted by Gasteiger charge is -2.41. The second kappa shape index (κ2) is 13.4. The molecule has 6 rings (SSSR count). The maximum atomic E-state index is 15.1. The number of halogens is 2. The second-order valence-corrected chi connectivity index (χ2v) is 12.2. The molecule has 3 heterocycles. The van der Waals surface area contributed by atoms with Gasteiger partial charge in [0.15, 0.2) is 0 Å². The van der Waals surface area contributed by atoms with Gasteiger partial charge in [-0.05, 0) is 56.8 Å². The number of ether oxygens (including phenoxy) is 1. The minimum atomic E-state index is -0.716. The number of rotatable bonds is 10. The third kappa shape index (κ3) is 6.71. The Bertz CT molecular complexity index is 1620. The minimum absolute atomic E-state index is 0.132. The summed E-state index contributed by atoms with van der Waals surface area (Å²) in [4.78, 5) is 34.5. The summed E-state index contributed by atoms with van der Waals surface area (Å²) in [6.45, 7) is 12.1. The molecule has 2 atom stereocenters. The highest BCUT2D eigenvalue weighted by atomic mass is 19.1. The van der Waals surface area contributed by atoms with Crippen LogP contribution in [0.15, 0.2) is 48.6 Å². The molecule has 0 unspecified atom stereocenters. The molecular formula is C34H39F2N7O2. The molecule has 1 amide bonds. The Morgan fingerprint density at radius 2 is 1.98 bits per heavy atom. The largest absolute Gasteiger partial charge is 0.459 e. The van der Waals surface area contributed by atoms with Crippen LogP contribution >= 0.6 is 0 Å². The summed E-state index contributed by atoms with van der Waals surface area (Å²) in [5.41, 5.74) is 2.65. The molecule has 0 spiro atoms. The van der Waals surface area contributed by atoms with Crippen LogP contribution in [0.2, 0.25) is 0 Å². The molecule has 2 aliphatic heterocycles. The highest BCUT2D eigenvalue weighted by molar-refractivity contribution is 5.95. The third-order valence-electron chi connectivity index (χ3n) is 8.93. The van der Waals surface area contributed by atoms with E-state index in [0.29, 0.717) is 50.6 Å². The van der Waals surface area contributed by atoms with Gasteiger partial charge in [0, 0.05) is 61.5 Å². The van der Waals surface area contributed by atoms with Crippen LogP contribution in [0.25, 0.3) is 15.6 Å². The van der Waals surface area contributed by atoms with Gasteiger partial charge in [-0.3, -0.25) is 9.69 Å². The molecule has 3 aliphatic rings. The lowest BCUT2D eigenvalue weighted by Crippen LogP contribution is -2.56. The monoisotopic (exact) mass is 615 g/mol. The Hall–Kier alpha value is -4.30. The van der Waals surface area contributed by atoms with Gasteiger partial charge in [-0.2, -0.15) is 9.97 Å². The summed E-state index contributed by atoms with van der Waals surface area (Å²) in [7, 11) is 2.11. The standard InChI is InChI=1S/C34H39F2N7O2/c1-23(20-40(3)25-12-13-25)45-34-38-29-22-41(30-10-5-8-24-7-4-9-28(36)32(24)30)16-14-27(29)33(39-34)42-17-18-43(26(21-42)19-37-2)31(44)11-6-15-35/h4-11,23,25-26H,12-22H2,1,3H3/b11-6+/t23-,26-/m0/s1. The maximum Gasteiger partial charge on any atom is 0.318 e. The lowest BCUT2D eigenvalue weighted by molar-refractivity contribution is -0.128. The van der Waals surface area contributed by atoms with Gasteiger partial charge in [0.05, 0.1) is 12.2 Å². The fourth-order valence-corrected chi connectivity index (χ4v) is 6.58. The number of benzene rings is 2. The number of alkyl halides is 1. The van der Waals surface area contributed by atoms with Gasteiger partial charge in [-0.1, -0.05) is 24.3 Å². The topological polar surface area (TPSA) is 69.4 Å². The van der Waals surface area contributed by atoms with E-state index in [1.54, 1.807) is 11.0 Å². The number of likely N-dealkylation sites (N-methyl/N-ethyl adjacent to an activating group) is 1. The predicted octanol–water partition coefficient (Wildman–Crippen LogP) is 4.66. The van der Waals surface area contributed by atoms with E-state index in [0.717, 1.165) is 34.7 Å². The van der Waals surface area contributed by atoms with Crippen molar-refractivity contribution >= 4 is 28.2 Å². The van der Waals surface area contributed by atoms with Gasteiger partial charge < -0.3 is 24.3 Å². The van der Waals surface area contributed by atoms with Gasteiger partial charge in [0.2, 0.25) is 12.5 Å². The summed E-state index contributed by atoms with van der Waals surface area (Å²) in [5, 5.41) is 1.44. The van der Waals surface area contributed by atoms with Crippen molar-refractivity contribution in [1.82, 2.24) is 19.8 Å². The fourth-order valence-electron chi connectivity index (χ4n) is 6.58. The molecule has 11 heteroatoms. The van der Waals surface area contributed by atoms with E-state index in [1.165, 1.54) is 31.1 Å². The number of piperazine rings is 1. The molecule has 0 bridgehead atoms. The van der Waals surface area contributed by atoms with Crippen LogP contribution in [0.1, 0.15) is 31.0 Å². The molecule has 2 fully saturated rings. The van der Waals surface area contributed by atoms with Crippen LogP contribution in [-0.2, 0) is 17.8 Å². The molecule has 1 aromatic heterocycles. The van der Waals surface area contributed by atoms with E-state index in [4.69, 9.17) is 21.3 Å². The number of hydrogen-bond donors (Lipinski definition) is 0. The Labute approximate surface area is 262 Å². The molecule has 0 N–H and O–H groups in total. The first kappa shape index (κ1) is 30.7. The molecule has 9 nitrogen and oxygen atoms in total. The number of allylic oxidation sites excluding steroid dienone is 1. The number of aromatic nitrogens is 2. The van der Waals surface area contributed by atoms with Crippen molar-refractivity contribution in [2.45, 2.75) is 50.9 Å². The van der Waals surface area contributed by atoms with Crippen LogP contribution < -0.4 is 14.5 Å². The Morgan fingerprint density at radius 1 is 1.18 bits per heavy atom. The third-order valence-corrected chi connectivity index (χ3v) is 8.93. The fraction of sp³-hybridized carbons (Fsp3) is 0.471. The smallest absolute Gasteiger partial charge is 0.318 e. The molecule has 2 aromatic carbocycles. The van der Waals surface area contributed by atoms with Crippen molar-refractivity contribution in [2.75, 3.05) is 62.8 Å². The molecular weight excluding hydrogens is 576 g/mol. The van der Waals surface area contributed by atoms with E-state index in [1.807, 2.05) is 31.2 Å². The van der Waals surface area contributed by atoms with E-state index in [-0.39, 0.29) is 36.4 Å². The van der Waals surface area contributed by atoms with Crippen molar-refractivity contribution in [3.63, 3.8) is 0 Å². The zero-order valence-electron chi connectivity index (χ0n) is 25.8. The number of hydrogen-bond acceptors (Lipinski definition) is 7. The van der Waals surface area contributed by atoms with Gasteiger partial charge in [0.1, 0.15) is 30.5 Å². The number of carbonyl (C=O) groups excluding carboxylic acids is 1. The number of nitrogens with zero attached hydrogens (tertiary/aromatic N) is 7. The minimum Gasteiger partial charge on any atom is -0.459 e. The first-order valence-corrected chi connectivity index (χ1v) is 15.7. The Morgan fingerprint density at radius 3 is 2.73 bits per heavy atom. The van der Waals surface area contributed by atoms with Gasteiger partial charge >= 0.3 is 6.01 Å². The molecule has 236 valence electrons. The molecule has 0 radical (unpaired) electrons. The van der Waals surface area contributed by atoms with Crippen LogP contribution in [0.5, 0.6) is 6.01 Å². The lowest BCUT2D eigenvalue weighted by atomic mass is 10.0. The highest BCUT2D eigenvalue weighted by Gasteiger charge is 2.35. The average Bonchev–Trinajstić information content (AvgIpc) is 3.89. The van der Waals surface area contributed by atoms with Crippen molar-refractivity contribution in [3.05, 3.63) is 77.0 Å². The summed E-state index contributed by atoms with van der Waals surface area (Å²) in [5.74, 6) is 0.207. The zero-order valence-corrected chi connectivity index (χ0v) is 25.8. The van der Waals surface area contributed by atoms with E-state index in [9.17, 15) is 9.18 Å². The first-order chi connectivity index (χ1) is 21.9. The van der Waals surface area contributed by atoms with Crippen molar-refractivity contribution < 1.29 is 18.3 Å². The quantitative estimate of drug-likeness (QED) is 0.243. The number of carbonyl (C=O) groups is 1. The maximum absolute atomic E-state index is 15.1. The number of amides is 1. The summed E-state index contributed by atoms with van der Waals surface area (Å²) >= 11 is 0. The van der Waals surface area contributed by atoms with Crippen molar-refractivity contribution in [3.8, 4) is 6.01 Å². The van der Waals surface area contributed by atoms with Crippen LogP contribution in [-0.4, -0.2) is 96.9 Å². The normalized spacial score (nSPS) is 19.2. The zero-order chi connectivity index (χ0) is 31.5. The molecule has 3 aromatic rings. The van der Waals surface area contributed by atoms with Crippen molar-refractivity contribution in [1.29, 1.82) is 0 Å². The van der Waals surface area contributed by atoms with E-state index >= 15 is 4.39 Å². The van der Waals surface area contributed by atoms with Crippen LogP contribution in [0.4, 0.5) is 20.3 Å². The molecule has 1 aliphatic carbocycles. The van der Waals surface area contributed by atoms with Crippen molar-refractivity contribution in [2.24, 2.45) is 0 Å². The Kier molecular flexibility index (Phi) is 9.12.